The second kappa shape index (κ2) is 5.58. The number of nitrogens with one attached hydrogen (secondary N) is 1. The molecule has 1 aromatic heterocycles. The van der Waals surface area contributed by atoms with E-state index in [-0.39, 0.29) is 10.7 Å². The molecule has 3 nitrogen and oxygen atoms in total. The molecule has 0 saturated heterocycles. The normalized spacial score (nSPS) is 10.3. The van der Waals surface area contributed by atoms with Gasteiger partial charge in [0.05, 0.1) is 0 Å². The molecule has 1 aromatic carbocycles. The van der Waals surface area contributed by atoms with Gasteiger partial charge in [-0.25, -0.2) is 13.8 Å². The molecule has 0 unspecified atom stereocenters. The third-order valence-electron chi connectivity index (χ3n) is 2.31. The minimum Gasteiger partial charge on any atom is -0.389 e. The zero-order valence-electron chi connectivity index (χ0n) is 9.45. The summed E-state index contributed by atoms with van der Waals surface area (Å²) < 4.78 is 27.5. The van der Waals surface area contributed by atoms with Crippen LogP contribution >= 0.6 is 28.1 Å². The predicted octanol–water partition coefficient (Wildman–Crippen LogP) is 3.50. The van der Waals surface area contributed by atoms with Crippen molar-refractivity contribution < 1.29 is 8.78 Å². The van der Waals surface area contributed by atoms with Crippen molar-refractivity contribution in [3.8, 4) is 0 Å². The highest BCUT2D eigenvalue weighted by Crippen LogP contribution is 2.26. The SMILES string of the molecule is NC(=S)c1ccc(Nc2c(F)cc(Br)cc2F)nc1. The average molecular weight is 344 g/mol. The van der Waals surface area contributed by atoms with Gasteiger partial charge in [-0.2, -0.15) is 0 Å². The smallest absolute Gasteiger partial charge is 0.150 e. The predicted molar refractivity (Wildman–Crippen MR) is 77.5 cm³/mol. The van der Waals surface area contributed by atoms with E-state index in [9.17, 15) is 8.78 Å². The van der Waals surface area contributed by atoms with Crippen molar-refractivity contribution in [1.29, 1.82) is 0 Å². The van der Waals surface area contributed by atoms with Crippen LogP contribution in [0.25, 0.3) is 0 Å². The summed E-state index contributed by atoms with van der Waals surface area (Å²) in [6.45, 7) is 0. The first-order valence-corrected chi connectivity index (χ1v) is 6.35. The molecule has 0 spiro atoms. The Hall–Kier alpha value is -1.60. The quantitative estimate of drug-likeness (QED) is 0.837. The van der Waals surface area contributed by atoms with Crippen LogP contribution in [0.4, 0.5) is 20.3 Å². The van der Waals surface area contributed by atoms with Crippen LogP contribution in [0, 0.1) is 11.6 Å². The van der Waals surface area contributed by atoms with Crippen LogP contribution in [-0.2, 0) is 0 Å². The van der Waals surface area contributed by atoms with Crippen LogP contribution in [0.3, 0.4) is 0 Å². The minimum atomic E-state index is -0.716. The maximum Gasteiger partial charge on any atom is 0.150 e. The van der Waals surface area contributed by atoms with Crippen molar-refractivity contribution in [1.82, 2.24) is 4.98 Å². The molecule has 0 atom stereocenters. The molecule has 0 amide bonds. The minimum absolute atomic E-state index is 0.208. The second-order valence-corrected chi connectivity index (χ2v) is 5.02. The Morgan fingerprint density at radius 3 is 2.37 bits per heavy atom. The summed E-state index contributed by atoms with van der Waals surface area (Å²) in [5, 5.41) is 2.57. The Bertz CT molecular complexity index is 608. The number of halogens is 3. The summed E-state index contributed by atoms with van der Waals surface area (Å²) in [4.78, 5) is 4.18. The maximum absolute atomic E-state index is 13.6. The molecule has 19 heavy (non-hydrogen) atoms. The summed E-state index contributed by atoms with van der Waals surface area (Å²) in [5.74, 6) is -1.14. The Morgan fingerprint density at radius 1 is 1.26 bits per heavy atom. The number of pyridine rings is 1. The summed E-state index contributed by atoms with van der Waals surface area (Å²) in [6, 6.07) is 5.48. The van der Waals surface area contributed by atoms with E-state index in [4.69, 9.17) is 18.0 Å². The molecule has 0 aliphatic heterocycles. The van der Waals surface area contributed by atoms with Gasteiger partial charge in [0.25, 0.3) is 0 Å². The van der Waals surface area contributed by atoms with Crippen molar-refractivity contribution in [2.24, 2.45) is 5.73 Å². The zero-order chi connectivity index (χ0) is 14.0. The van der Waals surface area contributed by atoms with Gasteiger partial charge in [-0.15, -0.1) is 0 Å². The van der Waals surface area contributed by atoms with E-state index < -0.39 is 11.6 Å². The van der Waals surface area contributed by atoms with Gasteiger partial charge in [0.2, 0.25) is 0 Å². The molecule has 0 aliphatic rings. The fourth-order valence-electron chi connectivity index (χ4n) is 1.40. The summed E-state index contributed by atoms with van der Waals surface area (Å²) >= 11 is 7.79. The van der Waals surface area contributed by atoms with Crippen molar-refractivity contribution in [2.45, 2.75) is 0 Å². The van der Waals surface area contributed by atoms with Gasteiger partial charge in [0.15, 0.2) is 11.6 Å². The summed E-state index contributed by atoms with van der Waals surface area (Å²) in [6.07, 6.45) is 1.43. The Labute approximate surface area is 122 Å². The second-order valence-electron chi connectivity index (χ2n) is 3.67. The van der Waals surface area contributed by atoms with Gasteiger partial charge >= 0.3 is 0 Å². The van der Waals surface area contributed by atoms with Crippen molar-refractivity contribution in [3.05, 3.63) is 52.1 Å². The van der Waals surface area contributed by atoms with Gasteiger partial charge in [0, 0.05) is 16.2 Å². The van der Waals surface area contributed by atoms with Crippen molar-refractivity contribution >= 4 is 44.6 Å². The largest absolute Gasteiger partial charge is 0.389 e. The highest BCUT2D eigenvalue weighted by Gasteiger charge is 2.11. The number of hydrogen-bond acceptors (Lipinski definition) is 3. The number of benzene rings is 1. The van der Waals surface area contributed by atoms with Gasteiger partial charge < -0.3 is 11.1 Å². The van der Waals surface area contributed by atoms with Crippen LogP contribution in [0.5, 0.6) is 0 Å². The number of rotatable bonds is 3. The first kappa shape index (κ1) is 13.8. The fourth-order valence-corrected chi connectivity index (χ4v) is 1.93. The summed E-state index contributed by atoms with van der Waals surface area (Å²) in [5.41, 5.74) is 5.74. The van der Waals surface area contributed by atoms with E-state index >= 15 is 0 Å². The lowest BCUT2D eigenvalue weighted by atomic mass is 10.2. The molecule has 0 radical (unpaired) electrons. The highest BCUT2D eigenvalue weighted by molar-refractivity contribution is 9.10. The van der Waals surface area contributed by atoms with Crippen LogP contribution in [-0.4, -0.2) is 9.97 Å². The number of anilines is 2. The first-order chi connectivity index (χ1) is 8.97. The van der Waals surface area contributed by atoms with E-state index in [2.05, 4.69) is 26.2 Å². The lowest BCUT2D eigenvalue weighted by Crippen LogP contribution is -2.09. The van der Waals surface area contributed by atoms with Gasteiger partial charge in [-0.05, 0) is 24.3 Å². The van der Waals surface area contributed by atoms with Gasteiger partial charge in [-0.3, -0.25) is 0 Å². The standard InChI is InChI=1S/C12H8BrF2N3S/c13-7-3-8(14)11(9(15)4-7)18-10-2-1-6(5-17-10)12(16)19/h1-5H,(H2,16,19)(H,17,18). The lowest BCUT2D eigenvalue weighted by Gasteiger charge is -2.09. The fraction of sp³-hybridized carbons (Fsp3) is 0. The molecule has 0 fully saturated rings. The van der Waals surface area contributed by atoms with E-state index in [1.54, 1.807) is 6.07 Å². The lowest BCUT2D eigenvalue weighted by molar-refractivity contribution is 0.589. The molecule has 0 saturated carbocycles. The van der Waals surface area contributed by atoms with Crippen LogP contribution in [0.2, 0.25) is 0 Å². The van der Waals surface area contributed by atoms with E-state index in [1.165, 1.54) is 12.3 Å². The first-order valence-electron chi connectivity index (χ1n) is 5.15. The number of hydrogen-bond donors (Lipinski definition) is 2. The monoisotopic (exact) mass is 343 g/mol. The molecule has 0 aliphatic carbocycles. The topological polar surface area (TPSA) is 50.9 Å². The van der Waals surface area contributed by atoms with Gasteiger partial charge in [0.1, 0.15) is 16.5 Å². The molecule has 0 bridgehead atoms. The third kappa shape index (κ3) is 3.24. The van der Waals surface area contributed by atoms with E-state index in [0.717, 1.165) is 12.1 Å². The third-order valence-corrected chi connectivity index (χ3v) is 3.00. The van der Waals surface area contributed by atoms with Crippen LogP contribution in [0.15, 0.2) is 34.9 Å². The Morgan fingerprint density at radius 2 is 1.89 bits per heavy atom. The molecule has 1 heterocycles. The number of thiocarbonyl (C=S) groups is 1. The van der Waals surface area contributed by atoms with Crippen LogP contribution < -0.4 is 11.1 Å². The Kier molecular flexibility index (Phi) is 4.06. The maximum atomic E-state index is 13.6. The number of aromatic nitrogens is 1. The van der Waals surface area contributed by atoms with E-state index in [0.29, 0.717) is 15.9 Å². The van der Waals surface area contributed by atoms with Gasteiger partial charge in [-0.1, -0.05) is 28.1 Å². The zero-order valence-corrected chi connectivity index (χ0v) is 11.9. The molecule has 7 heteroatoms. The Balaban J connectivity index is 2.29. The number of nitrogens with zero attached hydrogens (tertiary/aromatic N) is 1. The molecule has 3 N–H and O–H groups in total. The molecule has 98 valence electrons. The molecule has 2 rings (SSSR count). The van der Waals surface area contributed by atoms with Crippen molar-refractivity contribution in [3.63, 3.8) is 0 Å². The van der Waals surface area contributed by atoms with Crippen molar-refractivity contribution in [2.75, 3.05) is 5.32 Å². The van der Waals surface area contributed by atoms with Crippen LogP contribution in [0.1, 0.15) is 5.56 Å². The highest BCUT2D eigenvalue weighted by atomic mass is 79.9. The van der Waals surface area contributed by atoms with E-state index in [1.807, 2.05) is 0 Å². The molecular formula is C12H8BrF2N3S. The molecule has 2 aromatic rings. The molecular weight excluding hydrogens is 336 g/mol. The summed E-state index contributed by atoms with van der Waals surface area (Å²) in [7, 11) is 0. The number of nitrogens with two attached hydrogens (primary N) is 1. The average Bonchev–Trinajstić information content (AvgIpc) is 2.34.